The molecule has 4 nitrogen and oxygen atoms in total. The summed E-state index contributed by atoms with van der Waals surface area (Å²) in [5.74, 6) is 0. The second-order valence-electron chi connectivity index (χ2n) is 3.55. The van der Waals surface area contributed by atoms with Crippen LogP contribution in [0.4, 0.5) is 0 Å². The molecule has 0 atom stereocenters. The van der Waals surface area contributed by atoms with E-state index in [0.717, 1.165) is 15.7 Å². The van der Waals surface area contributed by atoms with Gasteiger partial charge < -0.3 is 14.5 Å². The van der Waals surface area contributed by atoms with Crippen molar-refractivity contribution in [1.82, 2.24) is 10.3 Å². The van der Waals surface area contributed by atoms with Gasteiger partial charge in [0.2, 0.25) is 0 Å². The fraction of sp³-hybridized carbons (Fsp3) is 0.250. The molecule has 1 aromatic carbocycles. The van der Waals surface area contributed by atoms with Crippen LogP contribution in [-0.2, 0) is 13.2 Å². The number of ether oxygens (including phenoxy) is 1. The molecule has 1 aromatic heterocycles. The van der Waals surface area contributed by atoms with Crippen LogP contribution in [0.1, 0.15) is 11.3 Å². The molecule has 0 fully saturated rings. The number of rotatable bonds is 5. The third-order valence-corrected chi connectivity index (χ3v) is 2.69. The van der Waals surface area contributed by atoms with E-state index in [9.17, 15) is 0 Å². The fourth-order valence-electron chi connectivity index (χ4n) is 1.34. The van der Waals surface area contributed by atoms with Crippen LogP contribution in [-0.4, -0.2) is 12.0 Å². The molecule has 0 unspecified atom stereocenters. The highest BCUT2D eigenvalue weighted by Gasteiger charge is 2.04. The fourth-order valence-corrected chi connectivity index (χ4v) is 1.61. The molecule has 0 saturated carbocycles. The molecule has 0 spiro atoms. The Morgan fingerprint density at radius 3 is 2.82 bits per heavy atom. The molecule has 0 bridgehead atoms. The number of nitrogens with one attached hydrogen (secondary N) is 1. The first kappa shape index (κ1) is 12.1. The first-order chi connectivity index (χ1) is 8.28. The van der Waals surface area contributed by atoms with Crippen molar-refractivity contribution in [2.75, 3.05) is 7.05 Å². The average molecular weight is 297 g/mol. The monoisotopic (exact) mass is 296 g/mol. The summed E-state index contributed by atoms with van der Waals surface area (Å²) in [6, 6.07) is 7.92. The van der Waals surface area contributed by atoms with E-state index >= 15 is 0 Å². The van der Waals surface area contributed by atoms with Gasteiger partial charge in [-0.2, -0.15) is 4.98 Å². The van der Waals surface area contributed by atoms with Gasteiger partial charge in [0.1, 0.15) is 12.9 Å². The first-order valence-electron chi connectivity index (χ1n) is 5.24. The summed E-state index contributed by atoms with van der Waals surface area (Å²) >= 11 is 3.38. The molecular formula is C12H13BrN2O2. The number of benzene rings is 1. The molecule has 0 amide bonds. The van der Waals surface area contributed by atoms with Crippen molar-refractivity contribution in [3.63, 3.8) is 0 Å². The van der Waals surface area contributed by atoms with Crippen molar-refractivity contribution < 1.29 is 9.15 Å². The summed E-state index contributed by atoms with van der Waals surface area (Å²) in [4.78, 5) is 4.17. The molecular weight excluding hydrogens is 284 g/mol. The normalized spacial score (nSPS) is 10.5. The van der Waals surface area contributed by atoms with Crippen molar-refractivity contribution in [1.29, 1.82) is 0 Å². The van der Waals surface area contributed by atoms with E-state index in [4.69, 9.17) is 9.15 Å². The van der Waals surface area contributed by atoms with Gasteiger partial charge in [0, 0.05) is 11.0 Å². The van der Waals surface area contributed by atoms with Crippen molar-refractivity contribution in [3.8, 4) is 6.08 Å². The largest absolute Gasteiger partial charge is 0.445 e. The molecule has 17 heavy (non-hydrogen) atoms. The zero-order chi connectivity index (χ0) is 12.1. The van der Waals surface area contributed by atoms with E-state index in [2.05, 4.69) is 26.2 Å². The highest BCUT2D eigenvalue weighted by molar-refractivity contribution is 9.10. The lowest BCUT2D eigenvalue weighted by atomic mass is 10.2. The van der Waals surface area contributed by atoms with Crippen LogP contribution in [0.15, 0.2) is 39.4 Å². The summed E-state index contributed by atoms with van der Waals surface area (Å²) in [5, 5.41) is 2.99. The topological polar surface area (TPSA) is 47.3 Å². The highest BCUT2D eigenvalue weighted by Crippen LogP contribution is 2.14. The molecule has 0 aliphatic rings. The summed E-state index contributed by atoms with van der Waals surface area (Å²) in [6.45, 7) is 1.12. The van der Waals surface area contributed by atoms with Crippen LogP contribution >= 0.6 is 15.9 Å². The van der Waals surface area contributed by atoms with E-state index in [0.29, 0.717) is 19.2 Å². The summed E-state index contributed by atoms with van der Waals surface area (Å²) in [5.41, 5.74) is 1.90. The third kappa shape index (κ3) is 3.57. The lowest BCUT2D eigenvalue weighted by molar-refractivity contribution is 0.220. The minimum absolute atomic E-state index is 0.304. The molecule has 90 valence electrons. The number of hydrogen-bond acceptors (Lipinski definition) is 4. The van der Waals surface area contributed by atoms with Crippen molar-refractivity contribution in [3.05, 3.63) is 46.3 Å². The number of oxazole rings is 1. The zero-order valence-corrected chi connectivity index (χ0v) is 11.0. The Balaban J connectivity index is 1.90. The maximum absolute atomic E-state index is 5.44. The Bertz CT molecular complexity index is 468. The molecule has 1 heterocycles. The molecule has 0 aliphatic heterocycles. The van der Waals surface area contributed by atoms with Gasteiger partial charge in [-0.15, -0.1) is 0 Å². The SMILES string of the molecule is CNCc1coc(OCc2ccc(Br)cc2)n1. The van der Waals surface area contributed by atoms with E-state index < -0.39 is 0 Å². The van der Waals surface area contributed by atoms with Crippen LogP contribution in [0.5, 0.6) is 6.08 Å². The van der Waals surface area contributed by atoms with Gasteiger partial charge in [0.15, 0.2) is 0 Å². The maximum atomic E-state index is 5.44. The van der Waals surface area contributed by atoms with Gasteiger partial charge in [-0.05, 0) is 24.7 Å². The minimum Gasteiger partial charge on any atom is -0.445 e. The van der Waals surface area contributed by atoms with Crippen LogP contribution in [0, 0.1) is 0 Å². The Morgan fingerprint density at radius 1 is 1.35 bits per heavy atom. The van der Waals surface area contributed by atoms with E-state index in [1.807, 2.05) is 31.3 Å². The summed E-state index contributed by atoms with van der Waals surface area (Å²) in [6.07, 6.45) is 1.89. The average Bonchev–Trinajstić information content (AvgIpc) is 2.77. The van der Waals surface area contributed by atoms with E-state index in [-0.39, 0.29) is 0 Å². The van der Waals surface area contributed by atoms with Gasteiger partial charge in [-0.1, -0.05) is 28.1 Å². The molecule has 2 rings (SSSR count). The molecule has 2 aromatic rings. The van der Waals surface area contributed by atoms with Crippen molar-refractivity contribution >= 4 is 15.9 Å². The Morgan fingerprint density at radius 2 is 2.12 bits per heavy atom. The quantitative estimate of drug-likeness (QED) is 0.922. The van der Waals surface area contributed by atoms with Gasteiger partial charge in [0.05, 0.1) is 5.69 Å². The number of nitrogens with zero attached hydrogens (tertiary/aromatic N) is 1. The minimum atomic E-state index is 0.304. The number of aromatic nitrogens is 1. The molecule has 0 aliphatic carbocycles. The lowest BCUT2D eigenvalue weighted by Crippen LogP contribution is -2.05. The lowest BCUT2D eigenvalue weighted by Gasteiger charge is -2.01. The molecule has 1 N–H and O–H groups in total. The van der Waals surface area contributed by atoms with E-state index in [1.54, 1.807) is 6.26 Å². The van der Waals surface area contributed by atoms with Crippen LogP contribution < -0.4 is 10.1 Å². The van der Waals surface area contributed by atoms with Crippen LogP contribution in [0.3, 0.4) is 0 Å². The highest BCUT2D eigenvalue weighted by atomic mass is 79.9. The molecule has 0 radical (unpaired) electrons. The maximum Gasteiger partial charge on any atom is 0.394 e. The summed E-state index contributed by atoms with van der Waals surface area (Å²) in [7, 11) is 1.86. The zero-order valence-electron chi connectivity index (χ0n) is 9.44. The standard InChI is InChI=1S/C12H13BrN2O2/c1-14-6-11-8-17-12(15-11)16-7-9-2-4-10(13)5-3-9/h2-5,8,14H,6-7H2,1H3. The third-order valence-electron chi connectivity index (χ3n) is 2.16. The Hall–Kier alpha value is -1.33. The molecule has 0 saturated heterocycles. The van der Waals surface area contributed by atoms with Gasteiger partial charge in [-0.3, -0.25) is 0 Å². The Labute approximate surface area is 108 Å². The first-order valence-corrected chi connectivity index (χ1v) is 6.03. The van der Waals surface area contributed by atoms with Crippen LogP contribution in [0.25, 0.3) is 0 Å². The second-order valence-corrected chi connectivity index (χ2v) is 4.47. The van der Waals surface area contributed by atoms with Crippen LogP contribution in [0.2, 0.25) is 0 Å². The smallest absolute Gasteiger partial charge is 0.394 e. The Kier molecular flexibility index (Phi) is 4.17. The van der Waals surface area contributed by atoms with Crippen molar-refractivity contribution in [2.45, 2.75) is 13.2 Å². The number of hydrogen-bond donors (Lipinski definition) is 1. The van der Waals surface area contributed by atoms with Gasteiger partial charge >= 0.3 is 6.08 Å². The van der Waals surface area contributed by atoms with Gasteiger partial charge in [0.25, 0.3) is 0 Å². The predicted molar refractivity (Wildman–Crippen MR) is 67.7 cm³/mol. The summed E-state index contributed by atoms with van der Waals surface area (Å²) < 4.78 is 11.7. The number of halogens is 1. The van der Waals surface area contributed by atoms with E-state index in [1.165, 1.54) is 0 Å². The second kappa shape index (κ2) is 5.84. The molecule has 5 heteroatoms. The predicted octanol–water partition coefficient (Wildman–Crippen LogP) is 2.74. The van der Waals surface area contributed by atoms with Gasteiger partial charge in [-0.25, -0.2) is 0 Å². The van der Waals surface area contributed by atoms with Crippen molar-refractivity contribution in [2.24, 2.45) is 0 Å².